The number of rotatable bonds is 5. The molecule has 1 rings (SSSR count). The van der Waals surface area contributed by atoms with E-state index in [-0.39, 0.29) is 0 Å². The minimum Gasteiger partial charge on any atom is -0.319 e. The van der Waals surface area contributed by atoms with Crippen LogP contribution in [0.5, 0.6) is 0 Å². The number of hydrogen-bond acceptors (Lipinski definition) is 3. The molecule has 1 aromatic rings. The van der Waals surface area contributed by atoms with Gasteiger partial charge in [-0.25, -0.2) is 4.98 Å². The Morgan fingerprint density at radius 1 is 1.54 bits per heavy atom. The second-order valence-corrected chi connectivity index (χ2v) is 3.99. The molecule has 0 aliphatic heterocycles. The third-order valence-electron chi connectivity index (χ3n) is 1.72. The van der Waals surface area contributed by atoms with E-state index in [0.29, 0.717) is 0 Å². The van der Waals surface area contributed by atoms with Gasteiger partial charge in [0.15, 0.2) is 0 Å². The Morgan fingerprint density at radius 3 is 3.00 bits per heavy atom. The van der Waals surface area contributed by atoms with Gasteiger partial charge in [0.05, 0.1) is 10.7 Å². The maximum atomic E-state index is 4.38. The molecule has 0 radical (unpaired) electrons. The number of nitrogens with one attached hydrogen (secondary N) is 1. The molecule has 1 aromatic heterocycles. The third-order valence-corrected chi connectivity index (χ3v) is 2.54. The summed E-state index contributed by atoms with van der Waals surface area (Å²) in [6.45, 7) is 3.09. The highest BCUT2D eigenvalue weighted by molar-refractivity contribution is 7.09. The zero-order valence-electron chi connectivity index (χ0n) is 8.21. The maximum Gasteiger partial charge on any atom is 0.0897 e. The van der Waals surface area contributed by atoms with E-state index in [1.165, 1.54) is 5.69 Å². The van der Waals surface area contributed by atoms with Gasteiger partial charge in [0.2, 0.25) is 0 Å². The summed E-state index contributed by atoms with van der Waals surface area (Å²) in [6, 6.07) is 0. The topological polar surface area (TPSA) is 24.9 Å². The Morgan fingerprint density at radius 2 is 2.38 bits per heavy atom. The molecule has 0 aromatic carbocycles. The van der Waals surface area contributed by atoms with Crippen LogP contribution < -0.4 is 5.32 Å². The lowest BCUT2D eigenvalue weighted by molar-refractivity contribution is 0.806. The minimum atomic E-state index is 0.966. The van der Waals surface area contributed by atoms with Crippen LogP contribution in [0.2, 0.25) is 0 Å². The number of thiazole rings is 1. The predicted molar refractivity (Wildman–Crippen MR) is 58.2 cm³/mol. The van der Waals surface area contributed by atoms with Gasteiger partial charge in [-0.2, -0.15) is 0 Å². The van der Waals surface area contributed by atoms with Gasteiger partial charge in [0.1, 0.15) is 0 Å². The SMILES string of the molecule is CNCCC=CCc1csc(C)n1. The molecule has 0 fully saturated rings. The second kappa shape index (κ2) is 5.89. The monoisotopic (exact) mass is 196 g/mol. The van der Waals surface area contributed by atoms with E-state index in [2.05, 4.69) is 27.8 Å². The lowest BCUT2D eigenvalue weighted by Crippen LogP contribution is -2.05. The van der Waals surface area contributed by atoms with Crippen LogP contribution in [0.4, 0.5) is 0 Å². The van der Waals surface area contributed by atoms with E-state index in [4.69, 9.17) is 0 Å². The molecule has 0 saturated carbocycles. The Kier molecular flexibility index (Phi) is 4.72. The summed E-state index contributed by atoms with van der Waals surface area (Å²) in [4.78, 5) is 4.38. The fraction of sp³-hybridized carbons (Fsp3) is 0.500. The van der Waals surface area contributed by atoms with Crippen LogP contribution in [0.15, 0.2) is 17.5 Å². The molecule has 0 aliphatic carbocycles. The van der Waals surface area contributed by atoms with E-state index in [0.717, 1.165) is 24.4 Å². The highest BCUT2D eigenvalue weighted by atomic mass is 32.1. The number of aromatic nitrogens is 1. The van der Waals surface area contributed by atoms with Crippen LogP contribution in [0.25, 0.3) is 0 Å². The molecule has 0 spiro atoms. The van der Waals surface area contributed by atoms with Gasteiger partial charge in [0, 0.05) is 11.8 Å². The van der Waals surface area contributed by atoms with Crippen LogP contribution in [-0.4, -0.2) is 18.6 Å². The van der Waals surface area contributed by atoms with Crippen molar-refractivity contribution in [2.24, 2.45) is 0 Å². The first kappa shape index (κ1) is 10.4. The molecule has 0 saturated heterocycles. The zero-order chi connectivity index (χ0) is 9.52. The summed E-state index contributed by atoms with van der Waals surface area (Å²) in [6.07, 6.45) is 6.45. The Balaban J connectivity index is 2.22. The number of allylic oxidation sites excluding steroid dienone is 1. The smallest absolute Gasteiger partial charge is 0.0897 e. The van der Waals surface area contributed by atoms with Crippen molar-refractivity contribution in [1.82, 2.24) is 10.3 Å². The van der Waals surface area contributed by atoms with Crippen molar-refractivity contribution < 1.29 is 0 Å². The molecule has 1 heterocycles. The molecule has 0 amide bonds. The molecule has 0 atom stereocenters. The summed E-state index contributed by atoms with van der Waals surface area (Å²) in [7, 11) is 1.97. The first-order chi connectivity index (χ1) is 6.33. The van der Waals surface area contributed by atoms with Crippen LogP contribution in [0.1, 0.15) is 17.1 Å². The summed E-state index contributed by atoms with van der Waals surface area (Å²) in [5.41, 5.74) is 1.18. The van der Waals surface area contributed by atoms with E-state index < -0.39 is 0 Å². The van der Waals surface area contributed by atoms with Gasteiger partial charge in [-0.3, -0.25) is 0 Å². The zero-order valence-corrected chi connectivity index (χ0v) is 9.03. The van der Waals surface area contributed by atoms with Crippen LogP contribution in [0, 0.1) is 6.92 Å². The molecule has 0 unspecified atom stereocenters. The molecular formula is C10H16N2S. The first-order valence-electron chi connectivity index (χ1n) is 4.53. The standard InChI is InChI=1S/C10H16N2S/c1-9-12-10(8-13-9)6-4-3-5-7-11-2/h3-4,8,11H,5-7H2,1-2H3. The van der Waals surface area contributed by atoms with Crippen molar-refractivity contribution in [3.8, 4) is 0 Å². The maximum absolute atomic E-state index is 4.38. The second-order valence-electron chi connectivity index (χ2n) is 2.93. The predicted octanol–water partition coefficient (Wildman–Crippen LogP) is 2.16. The van der Waals surface area contributed by atoms with Crippen molar-refractivity contribution >= 4 is 11.3 Å². The van der Waals surface area contributed by atoms with Crippen molar-refractivity contribution in [3.05, 3.63) is 28.2 Å². The lowest BCUT2D eigenvalue weighted by atomic mass is 10.3. The normalized spacial score (nSPS) is 11.2. The van der Waals surface area contributed by atoms with Crippen molar-refractivity contribution in [1.29, 1.82) is 0 Å². The minimum absolute atomic E-state index is 0.966. The fourth-order valence-electron chi connectivity index (χ4n) is 1.05. The Hall–Kier alpha value is -0.670. The number of nitrogens with zero attached hydrogens (tertiary/aromatic N) is 1. The van der Waals surface area contributed by atoms with Crippen LogP contribution in [0.3, 0.4) is 0 Å². The van der Waals surface area contributed by atoms with Gasteiger partial charge in [-0.1, -0.05) is 12.2 Å². The summed E-state index contributed by atoms with van der Waals surface area (Å²) in [5.74, 6) is 0. The quantitative estimate of drug-likeness (QED) is 0.576. The van der Waals surface area contributed by atoms with E-state index >= 15 is 0 Å². The fourth-order valence-corrected chi connectivity index (χ4v) is 1.68. The highest BCUT2D eigenvalue weighted by Gasteiger charge is 1.93. The summed E-state index contributed by atoms with van der Waals surface area (Å²) < 4.78 is 0. The molecule has 13 heavy (non-hydrogen) atoms. The van der Waals surface area contributed by atoms with Crippen molar-refractivity contribution in [3.63, 3.8) is 0 Å². The molecular weight excluding hydrogens is 180 g/mol. The van der Waals surface area contributed by atoms with E-state index in [9.17, 15) is 0 Å². The molecule has 1 N–H and O–H groups in total. The van der Waals surface area contributed by atoms with E-state index in [1.54, 1.807) is 11.3 Å². The largest absolute Gasteiger partial charge is 0.319 e. The summed E-state index contributed by atoms with van der Waals surface area (Å²) >= 11 is 1.72. The molecule has 2 nitrogen and oxygen atoms in total. The Labute approximate surface area is 83.7 Å². The number of aryl methyl sites for hydroxylation is 1. The van der Waals surface area contributed by atoms with Gasteiger partial charge in [-0.05, 0) is 26.9 Å². The molecule has 0 bridgehead atoms. The Bertz CT molecular complexity index is 266. The van der Waals surface area contributed by atoms with Crippen LogP contribution in [-0.2, 0) is 6.42 Å². The van der Waals surface area contributed by atoms with Gasteiger partial charge in [-0.15, -0.1) is 11.3 Å². The van der Waals surface area contributed by atoms with E-state index in [1.807, 2.05) is 14.0 Å². The van der Waals surface area contributed by atoms with Crippen molar-refractivity contribution in [2.45, 2.75) is 19.8 Å². The van der Waals surface area contributed by atoms with Gasteiger partial charge < -0.3 is 5.32 Å². The molecule has 3 heteroatoms. The summed E-state index contributed by atoms with van der Waals surface area (Å²) in [5, 5.41) is 6.38. The molecule has 0 aliphatic rings. The first-order valence-corrected chi connectivity index (χ1v) is 5.41. The number of hydrogen-bond donors (Lipinski definition) is 1. The van der Waals surface area contributed by atoms with Crippen LogP contribution >= 0.6 is 11.3 Å². The average molecular weight is 196 g/mol. The average Bonchev–Trinajstić information content (AvgIpc) is 2.51. The molecule has 72 valence electrons. The highest BCUT2D eigenvalue weighted by Crippen LogP contribution is 2.08. The van der Waals surface area contributed by atoms with Gasteiger partial charge in [0.25, 0.3) is 0 Å². The lowest BCUT2D eigenvalue weighted by Gasteiger charge is -1.91. The third kappa shape index (κ3) is 4.20. The van der Waals surface area contributed by atoms with Gasteiger partial charge >= 0.3 is 0 Å². The van der Waals surface area contributed by atoms with Crippen molar-refractivity contribution in [2.75, 3.05) is 13.6 Å².